The number of rotatable bonds is 6. The minimum absolute atomic E-state index is 0.0494. The summed E-state index contributed by atoms with van der Waals surface area (Å²) < 4.78 is 1.49. The van der Waals surface area contributed by atoms with Gasteiger partial charge in [-0.05, 0) is 5.92 Å². The van der Waals surface area contributed by atoms with Crippen molar-refractivity contribution in [1.82, 2.24) is 15.1 Å². The SMILES string of the molecule is CC(C)C(CN)C(=O)NC(C(=O)O)c1cnn(C)c1. The van der Waals surface area contributed by atoms with Crippen LogP contribution in [0.2, 0.25) is 0 Å². The highest BCUT2D eigenvalue weighted by Crippen LogP contribution is 2.15. The van der Waals surface area contributed by atoms with Gasteiger partial charge in [-0.15, -0.1) is 0 Å². The van der Waals surface area contributed by atoms with E-state index < -0.39 is 17.9 Å². The molecular weight excluding hydrogens is 248 g/mol. The molecule has 19 heavy (non-hydrogen) atoms. The van der Waals surface area contributed by atoms with Crippen LogP contribution in [0.25, 0.3) is 0 Å². The van der Waals surface area contributed by atoms with Crippen LogP contribution in [-0.2, 0) is 16.6 Å². The summed E-state index contributed by atoms with van der Waals surface area (Å²) >= 11 is 0. The van der Waals surface area contributed by atoms with Gasteiger partial charge in [0.05, 0.1) is 12.1 Å². The van der Waals surface area contributed by atoms with Crippen LogP contribution in [0.4, 0.5) is 0 Å². The topological polar surface area (TPSA) is 110 Å². The van der Waals surface area contributed by atoms with Gasteiger partial charge in [0.2, 0.25) is 5.91 Å². The Bertz CT molecular complexity index is 456. The first kappa shape index (κ1) is 15.2. The number of carboxylic acid groups (broad SMARTS) is 1. The van der Waals surface area contributed by atoms with Crippen LogP contribution in [0.15, 0.2) is 12.4 Å². The van der Waals surface area contributed by atoms with Gasteiger partial charge in [0.1, 0.15) is 0 Å². The van der Waals surface area contributed by atoms with Gasteiger partial charge in [-0.3, -0.25) is 9.48 Å². The highest BCUT2D eigenvalue weighted by molar-refractivity contribution is 5.86. The molecule has 0 spiro atoms. The molecule has 0 bridgehead atoms. The Labute approximate surface area is 111 Å². The van der Waals surface area contributed by atoms with Gasteiger partial charge in [-0.1, -0.05) is 13.8 Å². The number of amides is 1. The van der Waals surface area contributed by atoms with Gasteiger partial charge in [-0.2, -0.15) is 5.10 Å². The van der Waals surface area contributed by atoms with Crippen molar-refractivity contribution in [2.24, 2.45) is 24.6 Å². The Morgan fingerprint density at radius 2 is 2.16 bits per heavy atom. The van der Waals surface area contributed by atoms with E-state index in [1.165, 1.54) is 10.9 Å². The van der Waals surface area contributed by atoms with Gasteiger partial charge in [0.25, 0.3) is 0 Å². The summed E-state index contributed by atoms with van der Waals surface area (Å²) in [4.78, 5) is 23.3. The van der Waals surface area contributed by atoms with Gasteiger partial charge in [0.15, 0.2) is 6.04 Å². The molecule has 0 aromatic carbocycles. The first-order chi connectivity index (χ1) is 8.86. The number of hydrogen-bond donors (Lipinski definition) is 3. The average molecular weight is 268 g/mol. The first-order valence-electron chi connectivity index (χ1n) is 6.08. The lowest BCUT2D eigenvalue weighted by molar-refractivity contribution is -0.142. The van der Waals surface area contributed by atoms with Crippen molar-refractivity contribution in [1.29, 1.82) is 0 Å². The zero-order chi connectivity index (χ0) is 14.6. The molecule has 1 aromatic rings. The number of aliphatic carboxylic acids is 1. The molecule has 4 N–H and O–H groups in total. The number of nitrogens with one attached hydrogen (secondary N) is 1. The molecular formula is C12H20N4O3. The fourth-order valence-electron chi connectivity index (χ4n) is 1.81. The Kier molecular flexibility index (Phi) is 5.05. The number of carboxylic acids is 1. The Morgan fingerprint density at radius 1 is 1.53 bits per heavy atom. The molecule has 1 rings (SSSR count). The van der Waals surface area contributed by atoms with E-state index in [9.17, 15) is 14.7 Å². The number of carbonyl (C=O) groups is 2. The van der Waals surface area contributed by atoms with E-state index >= 15 is 0 Å². The van der Waals surface area contributed by atoms with Crippen LogP contribution in [-0.4, -0.2) is 33.3 Å². The number of carbonyl (C=O) groups excluding carboxylic acids is 1. The van der Waals surface area contributed by atoms with Crippen LogP contribution in [0.1, 0.15) is 25.5 Å². The van der Waals surface area contributed by atoms with E-state index in [1.807, 2.05) is 13.8 Å². The normalized spacial score (nSPS) is 14.2. The van der Waals surface area contributed by atoms with E-state index in [0.717, 1.165) is 0 Å². The van der Waals surface area contributed by atoms with E-state index in [2.05, 4.69) is 10.4 Å². The number of nitrogens with zero attached hydrogens (tertiary/aromatic N) is 2. The van der Waals surface area contributed by atoms with Gasteiger partial charge < -0.3 is 16.2 Å². The Hall–Kier alpha value is -1.89. The number of hydrogen-bond acceptors (Lipinski definition) is 4. The molecule has 0 aliphatic heterocycles. The van der Waals surface area contributed by atoms with Crippen molar-refractivity contribution < 1.29 is 14.7 Å². The maximum atomic E-state index is 12.0. The van der Waals surface area contributed by atoms with Crippen LogP contribution in [0.5, 0.6) is 0 Å². The van der Waals surface area contributed by atoms with Gasteiger partial charge in [0, 0.05) is 25.4 Å². The second-order valence-electron chi connectivity index (χ2n) is 4.81. The zero-order valence-corrected chi connectivity index (χ0v) is 11.3. The Balaban J connectivity index is 2.85. The van der Waals surface area contributed by atoms with Gasteiger partial charge >= 0.3 is 5.97 Å². The fourth-order valence-corrected chi connectivity index (χ4v) is 1.81. The van der Waals surface area contributed by atoms with Crippen LogP contribution >= 0.6 is 0 Å². The predicted molar refractivity (Wildman–Crippen MR) is 69.1 cm³/mol. The molecule has 1 aromatic heterocycles. The standard InChI is InChI=1S/C12H20N4O3/c1-7(2)9(4-13)11(17)15-10(12(18)19)8-5-14-16(3)6-8/h5-7,9-10H,4,13H2,1-3H3,(H,15,17)(H,18,19). The maximum absolute atomic E-state index is 12.0. The molecule has 7 heteroatoms. The number of aromatic nitrogens is 2. The van der Waals surface area contributed by atoms with E-state index in [-0.39, 0.29) is 18.4 Å². The molecule has 0 saturated heterocycles. The van der Waals surface area contributed by atoms with E-state index in [1.54, 1.807) is 13.2 Å². The average Bonchev–Trinajstić information content (AvgIpc) is 2.72. The molecule has 1 heterocycles. The van der Waals surface area contributed by atoms with Gasteiger partial charge in [-0.25, -0.2) is 4.79 Å². The third kappa shape index (κ3) is 3.78. The van der Waals surface area contributed by atoms with E-state index in [4.69, 9.17) is 5.73 Å². The minimum Gasteiger partial charge on any atom is -0.479 e. The molecule has 2 unspecified atom stereocenters. The predicted octanol–water partition coefficient (Wildman–Crippen LogP) is -0.107. The lowest BCUT2D eigenvalue weighted by Gasteiger charge is -2.21. The maximum Gasteiger partial charge on any atom is 0.331 e. The second-order valence-corrected chi connectivity index (χ2v) is 4.81. The summed E-state index contributed by atoms with van der Waals surface area (Å²) in [7, 11) is 1.68. The Morgan fingerprint density at radius 3 is 2.53 bits per heavy atom. The summed E-state index contributed by atoms with van der Waals surface area (Å²) in [5, 5.41) is 15.6. The minimum atomic E-state index is -1.12. The van der Waals surface area contributed by atoms with Crippen molar-refractivity contribution in [3.05, 3.63) is 18.0 Å². The third-order valence-electron chi connectivity index (χ3n) is 2.99. The second kappa shape index (κ2) is 6.33. The van der Waals surface area contributed by atoms with Crippen LogP contribution < -0.4 is 11.1 Å². The third-order valence-corrected chi connectivity index (χ3v) is 2.99. The first-order valence-corrected chi connectivity index (χ1v) is 6.08. The summed E-state index contributed by atoms with van der Waals surface area (Å²) in [5.74, 6) is -1.83. The quantitative estimate of drug-likeness (QED) is 0.667. The highest BCUT2D eigenvalue weighted by Gasteiger charge is 2.28. The smallest absolute Gasteiger partial charge is 0.331 e. The molecule has 0 saturated carbocycles. The van der Waals surface area contributed by atoms with Crippen LogP contribution in [0, 0.1) is 11.8 Å². The monoisotopic (exact) mass is 268 g/mol. The molecule has 1 amide bonds. The molecule has 0 aliphatic rings. The summed E-state index contributed by atoms with van der Waals surface area (Å²) in [6.07, 6.45) is 2.98. The fraction of sp³-hybridized carbons (Fsp3) is 0.583. The van der Waals surface area contributed by atoms with Crippen molar-refractivity contribution >= 4 is 11.9 Å². The van der Waals surface area contributed by atoms with Crippen molar-refractivity contribution in [3.8, 4) is 0 Å². The van der Waals surface area contributed by atoms with E-state index in [0.29, 0.717) is 5.56 Å². The zero-order valence-electron chi connectivity index (χ0n) is 11.3. The van der Waals surface area contributed by atoms with Crippen molar-refractivity contribution in [3.63, 3.8) is 0 Å². The molecule has 2 atom stereocenters. The molecule has 0 radical (unpaired) electrons. The molecule has 7 nitrogen and oxygen atoms in total. The number of nitrogens with two attached hydrogens (primary N) is 1. The lowest BCUT2D eigenvalue weighted by Crippen LogP contribution is -2.42. The van der Waals surface area contributed by atoms with Crippen molar-refractivity contribution in [2.45, 2.75) is 19.9 Å². The molecule has 106 valence electrons. The number of aryl methyl sites for hydroxylation is 1. The van der Waals surface area contributed by atoms with Crippen LogP contribution in [0.3, 0.4) is 0 Å². The molecule has 0 aliphatic carbocycles. The summed E-state index contributed by atoms with van der Waals surface area (Å²) in [6.45, 7) is 3.93. The largest absolute Gasteiger partial charge is 0.479 e. The molecule has 0 fully saturated rings. The summed E-state index contributed by atoms with van der Waals surface area (Å²) in [5.41, 5.74) is 5.98. The summed E-state index contributed by atoms with van der Waals surface area (Å²) in [6, 6.07) is -1.10. The van der Waals surface area contributed by atoms with Crippen molar-refractivity contribution in [2.75, 3.05) is 6.54 Å². The lowest BCUT2D eigenvalue weighted by atomic mass is 9.94. The highest BCUT2D eigenvalue weighted by atomic mass is 16.4.